The highest BCUT2D eigenvalue weighted by Crippen LogP contribution is 2.22. The van der Waals surface area contributed by atoms with Crippen LogP contribution in [0.5, 0.6) is 5.75 Å². The molecule has 0 saturated heterocycles. The van der Waals surface area contributed by atoms with E-state index >= 15 is 0 Å². The van der Waals surface area contributed by atoms with Crippen LogP contribution >= 0.6 is 0 Å². The zero-order chi connectivity index (χ0) is 15.8. The van der Waals surface area contributed by atoms with Gasteiger partial charge in [0.2, 0.25) is 0 Å². The fourth-order valence-corrected chi connectivity index (χ4v) is 2.39. The summed E-state index contributed by atoms with van der Waals surface area (Å²) in [5.74, 6) is 0.763. The maximum Gasteiger partial charge on any atom is 0.171 e. The fraction of sp³-hybridized carbons (Fsp3) is 0.316. The van der Waals surface area contributed by atoms with Crippen LogP contribution in [0.15, 0.2) is 54.6 Å². The Morgan fingerprint density at radius 1 is 1.09 bits per heavy atom. The van der Waals surface area contributed by atoms with Crippen LogP contribution in [-0.2, 0) is 0 Å². The molecule has 0 aliphatic carbocycles. The third kappa shape index (κ3) is 4.18. The van der Waals surface area contributed by atoms with Gasteiger partial charge in [0.1, 0.15) is 5.75 Å². The molecule has 0 aliphatic heterocycles. The molecule has 22 heavy (non-hydrogen) atoms. The Kier molecular flexibility index (Phi) is 6.16. The van der Waals surface area contributed by atoms with Crippen LogP contribution in [0.1, 0.15) is 35.2 Å². The minimum absolute atomic E-state index is 0.127. The van der Waals surface area contributed by atoms with Gasteiger partial charge in [-0.15, -0.1) is 0 Å². The topological polar surface area (TPSA) is 38.3 Å². The van der Waals surface area contributed by atoms with Gasteiger partial charge in [-0.1, -0.05) is 37.3 Å². The first-order valence-electron chi connectivity index (χ1n) is 7.73. The van der Waals surface area contributed by atoms with Gasteiger partial charge in [-0.3, -0.25) is 4.79 Å². The summed E-state index contributed by atoms with van der Waals surface area (Å²) < 4.78 is 5.56. The Morgan fingerprint density at radius 3 is 2.36 bits per heavy atom. The summed E-state index contributed by atoms with van der Waals surface area (Å²) in [5.41, 5.74) is 1.75. The van der Waals surface area contributed by atoms with Gasteiger partial charge in [0.25, 0.3) is 0 Å². The van der Waals surface area contributed by atoms with E-state index in [1.807, 2.05) is 61.6 Å². The van der Waals surface area contributed by atoms with Crippen molar-refractivity contribution < 1.29 is 9.53 Å². The number of rotatable bonds is 8. The van der Waals surface area contributed by atoms with E-state index < -0.39 is 0 Å². The Bertz CT molecular complexity index is 578. The van der Waals surface area contributed by atoms with Crippen molar-refractivity contribution in [3.63, 3.8) is 0 Å². The van der Waals surface area contributed by atoms with Crippen LogP contribution in [0.3, 0.4) is 0 Å². The smallest absolute Gasteiger partial charge is 0.171 e. The molecule has 0 radical (unpaired) electrons. The number of ketones is 1. The van der Waals surface area contributed by atoms with Crippen molar-refractivity contribution in [2.45, 2.75) is 19.3 Å². The van der Waals surface area contributed by atoms with Crippen LogP contribution in [0.2, 0.25) is 0 Å². The first-order chi connectivity index (χ1) is 10.8. The molecule has 1 N–H and O–H groups in total. The van der Waals surface area contributed by atoms with E-state index in [9.17, 15) is 4.79 Å². The van der Waals surface area contributed by atoms with Gasteiger partial charge < -0.3 is 10.1 Å². The number of ether oxygens (including phenoxy) is 1. The Balaban J connectivity index is 2.16. The fourth-order valence-electron chi connectivity index (χ4n) is 2.39. The summed E-state index contributed by atoms with van der Waals surface area (Å²) in [4.78, 5) is 12.8. The number of nitrogens with one attached hydrogen (secondary N) is 1. The second-order valence-corrected chi connectivity index (χ2v) is 5.26. The lowest BCUT2D eigenvalue weighted by Gasteiger charge is -2.16. The number of carbonyl (C=O) groups excluding carboxylic acids is 1. The van der Waals surface area contributed by atoms with Gasteiger partial charge in [0.05, 0.1) is 12.5 Å². The largest absolute Gasteiger partial charge is 0.494 e. The van der Waals surface area contributed by atoms with Gasteiger partial charge in [-0.25, -0.2) is 0 Å². The van der Waals surface area contributed by atoms with Gasteiger partial charge in [0.15, 0.2) is 5.78 Å². The van der Waals surface area contributed by atoms with Crippen LogP contribution in [0.25, 0.3) is 0 Å². The molecule has 0 fully saturated rings. The zero-order valence-electron chi connectivity index (χ0n) is 13.2. The molecule has 3 nitrogen and oxygen atoms in total. The molecule has 116 valence electrons. The highest BCUT2D eigenvalue weighted by molar-refractivity contribution is 6.01. The molecule has 0 bridgehead atoms. The molecule has 0 spiro atoms. The number of likely N-dealkylation sites (N-methyl/N-ethyl adjacent to an activating group) is 1. The molecule has 1 atom stereocenters. The lowest BCUT2D eigenvalue weighted by atomic mass is 9.90. The molecule has 2 aromatic rings. The minimum Gasteiger partial charge on any atom is -0.494 e. The first kappa shape index (κ1) is 16.2. The van der Waals surface area contributed by atoms with Crippen molar-refractivity contribution in [2.75, 3.05) is 20.2 Å². The number of hydrogen-bond acceptors (Lipinski definition) is 3. The normalized spacial score (nSPS) is 11.9. The maximum absolute atomic E-state index is 12.8. The second-order valence-electron chi connectivity index (χ2n) is 5.26. The van der Waals surface area contributed by atoms with Gasteiger partial charge >= 0.3 is 0 Å². The molecule has 0 heterocycles. The van der Waals surface area contributed by atoms with E-state index in [-0.39, 0.29) is 11.7 Å². The average Bonchev–Trinajstić information content (AvgIpc) is 2.58. The number of Topliss-reactive ketones (excluding diaryl/α,β-unsaturated/α-hetero) is 1. The average molecular weight is 297 g/mol. The summed E-state index contributed by atoms with van der Waals surface area (Å²) in [7, 11) is 1.87. The van der Waals surface area contributed by atoms with Crippen molar-refractivity contribution in [3.05, 3.63) is 65.7 Å². The molecule has 0 amide bonds. The second kappa shape index (κ2) is 8.35. The summed E-state index contributed by atoms with van der Waals surface area (Å²) in [6.45, 7) is 3.39. The SMILES string of the molecule is CCCOc1ccc(C(=O)C(CNC)c2ccccc2)cc1. The summed E-state index contributed by atoms with van der Waals surface area (Å²) in [6.07, 6.45) is 0.971. The van der Waals surface area contributed by atoms with E-state index in [4.69, 9.17) is 4.74 Å². The van der Waals surface area contributed by atoms with Crippen LogP contribution in [-0.4, -0.2) is 26.0 Å². The van der Waals surface area contributed by atoms with Gasteiger partial charge in [-0.05, 0) is 43.3 Å². The molecular weight excluding hydrogens is 274 g/mol. The predicted molar refractivity (Wildman–Crippen MR) is 89.7 cm³/mol. The van der Waals surface area contributed by atoms with Crippen molar-refractivity contribution >= 4 is 5.78 Å². The Labute approximate surface area is 132 Å². The highest BCUT2D eigenvalue weighted by atomic mass is 16.5. The summed E-state index contributed by atoms with van der Waals surface area (Å²) in [5, 5.41) is 3.11. The first-order valence-corrected chi connectivity index (χ1v) is 7.73. The minimum atomic E-state index is -0.173. The quantitative estimate of drug-likeness (QED) is 0.756. The van der Waals surface area contributed by atoms with Gasteiger partial charge in [-0.2, -0.15) is 0 Å². The molecule has 2 aromatic carbocycles. The number of hydrogen-bond donors (Lipinski definition) is 1. The molecule has 1 unspecified atom stereocenters. The van der Waals surface area contributed by atoms with Crippen molar-refractivity contribution in [1.82, 2.24) is 5.32 Å². The lowest BCUT2D eigenvalue weighted by Crippen LogP contribution is -2.24. The molecule has 3 heteroatoms. The molecule has 0 aromatic heterocycles. The predicted octanol–water partition coefficient (Wildman–Crippen LogP) is 3.66. The van der Waals surface area contributed by atoms with E-state index in [0.717, 1.165) is 17.7 Å². The van der Waals surface area contributed by atoms with Crippen LogP contribution < -0.4 is 10.1 Å². The zero-order valence-corrected chi connectivity index (χ0v) is 13.2. The molecular formula is C19H23NO2. The van der Waals surface area contributed by atoms with E-state index in [0.29, 0.717) is 18.7 Å². The van der Waals surface area contributed by atoms with Crippen molar-refractivity contribution in [2.24, 2.45) is 0 Å². The Morgan fingerprint density at radius 2 is 1.77 bits per heavy atom. The maximum atomic E-state index is 12.8. The van der Waals surface area contributed by atoms with Crippen LogP contribution in [0, 0.1) is 0 Å². The van der Waals surface area contributed by atoms with Crippen LogP contribution in [0.4, 0.5) is 0 Å². The lowest BCUT2D eigenvalue weighted by molar-refractivity contribution is 0.0959. The van der Waals surface area contributed by atoms with E-state index in [1.54, 1.807) is 0 Å². The van der Waals surface area contributed by atoms with Gasteiger partial charge in [0, 0.05) is 12.1 Å². The number of benzene rings is 2. The monoisotopic (exact) mass is 297 g/mol. The third-order valence-electron chi connectivity index (χ3n) is 3.54. The van der Waals surface area contributed by atoms with E-state index in [1.165, 1.54) is 0 Å². The summed E-state index contributed by atoms with van der Waals surface area (Å²) >= 11 is 0. The molecule has 0 saturated carbocycles. The Hall–Kier alpha value is -2.13. The van der Waals surface area contributed by atoms with Crippen molar-refractivity contribution in [1.29, 1.82) is 0 Å². The van der Waals surface area contributed by atoms with E-state index in [2.05, 4.69) is 12.2 Å². The number of carbonyl (C=O) groups is 1. The summed E-state index contributed by atoms with van der Waals surface area (Å²) in [6, 6.07) is 17.3. The van der Waals surface area contributed by atoms with Crippen molar-refractivity contribution in [3.8, 4) is 5.75 Å². The third-order valence-corrected chi connectivity index (χ3v) is 3.54. The molecule has 2 rings (SSSR count). The molecule has 0 aliphatic rings. The highest BCUT2D eigenvalue weighted by Gasteiger charge is 2.21. The standard InChI is InChI=1S/C19H23NO2/c1-3-13-22-17-11-9-16(10-12-17)19(21)18(14-20-2)15-7-5-4-6-8-15/h4-12,18,20H,3,13-14H2,1-2H3.